The maximum absolute atomic E-state index is 13.2. The molecule has 0 spiro atoms. The number of benzene rings is 2. The summed E-state index contributed by atoms with van der Waals surface area (Å²) in [5.74, 6) is -0.487. The van der Waals surface area contributed by atoms with Crippen molar-refractivity contribution in [3.8, 4) is 5.69 Å². The van der Waals surface area contributed by atoms with Crippen LogP contribution in [-0.4, -0.2) is 26.7 Å². The number of fused-ring (bicyclic) bond motifs is 3. The number of carbonyl (C=O) groups excluding carboxylic acids is 1. The number of rotatable bonds is 3. The summed E-state index contributed by atoms with van der Waals surface area (Å²) in [7, 11) is 0. The van der Waals surface area contributed by atoms with Crippen molar-refractivity contribution in [1.82, 2.24) is 20.1 Å². The normalized spacial score (nSPS) is 14.7. The number of aromatic nitrogens is 3. The third-order valence-electron chi connectivity index (χ3n) is 5.56. The summed E-state index contributed by atoms with van der Waals surface area (Å²) < 4.78 is 14.6. The number of amides is 1. The standard InChI is InChI=1S/C22H19FN4O2/c23-14-6-8-16(9-7-14)27-22(29)18-12-24-19-10-5-13(11-17(19)20(18)26-27)21(28)25-15-3-1-2-4-15/h5-12,15,26H,1-4H2,(H,25,28). The highest BCUT2D eigenvalue weighted by Gasteiger charge is 2.19. The van der Waals surface area contributed by atoms with Gasteiger partial charge in [-0.1, -0.05) is 12.8 Å². The van der Waals surface area contributed by atoms with Crippen LogP contribution in [0.1, 0.15) is 36.0 Å². The lowest BCUT2D eigenvalue weighted by atomic mass is 10.1. The second-order valence-corrected chi connectivity index (χ2v) is 7.46. The van der Waals surface area contributed by atoms with Crippen LogP contribution in [0.2, 0.25) is 0 Å². The van der Waals surface area contributed by atoms with Gasteiger partial charge < -0.3 is 5.32 Å². The van der Waals surface area contributed by atoms with Crippen LogP contribution < -0.4 is 10.9 Å². The van der Waals surface area contributed by atoms with Crippen molar-refractivity contribution in [3.63, 3.8) is 0 Å². The molecule has 0 unspecified atom stereocenters. The van der Waals surface area contributed by atoms with E-state index in [9.17, 15) is 14.0 Å². The molecule has 0 bridgehead atoms. The number of carbonyl (C=O) groups is 1. The molecule has 4 aromatic rings. The maximum atomic E-state index is 13.2. The minimum absolute atomic E-state index is 0.115. The van der Waals surface area contributed by atoms with E-state index in [2.05, 4.69) is 15.4 Å². The third-order valence-corrected chi connectivity index (χ3v) is 5.56. The lowest BCUT2D eigenvalue weighted by molar-refractivity contribution is 0.0938. The lowest BCUT2D eigenvalue weighted by Crippen LogP contribution is -2.32. The molecular weight excluding hydrogens is 371 g/mol. The number of H-pyrrole nitrogens is 1. The molecule has 5 rings (SSSR count). The van der Waals surface area contributed by atoms with Crippen LogP contribution >= 0.6 is 0 Å². The smallest absolute Gasteiger partial charge is 0.280 e. The molecule has 0 saturated heterocycles. The molecule has 1 saturated carbocycles. The highest BCUT2D eigenvalue weighted by molar-refractivity contribution is 6.06. The van der Waals surface area contributed by atoms with Crippen molar-refractivity contribution < 1.29 is 9.18 Å². The predicted molar refractivity (Wildman–Crippen MR) is 109 cm³/mol. The summed E-state index contributed by atoms with van der Waals surface area (Å²) in [6.07, 6.45) is 5.84. The molecule has 7 heteroatoms. The Hall–Kier alpha value is -3.48. The lowest BCUT2D eigenvalue weighted by Gasteiger charge is -2.12. The van der Waals surface area contributed by atoms with E-state index in [4.69, 9.17) is 0 Å². The summed E-state index contributed by atoms with van der Waals surface area (Å²) in [5, 5.41) is 7.28. The Morgan fingerprint density at radius 2 is 1.86 bits per heavy atom. The molecule has 2 aromatic carbocycles. The first-order chi connectivity index (χ1) is 14.1. The summed E-state index contributed by atoms with van der Waals surface area (Å²) in [6.45, 7) is 0. The van der Waals surface area contributed by atoms with E-state index in [-0.39, 0.29) is 23.3 Å². The average molecular weight is 390 g/mol. The molecule has 29 heavy (non-hydrogen) atoms. The number of hydrogen-bond acceptors (Lipinski definition) is 3. The van der Waals surface area contributed by atoms with E-state index in [1.807, 2.05) is 0 Å². The fourth-order valence-corrected chi connectivity index (χ4v) is 4.01. The molecule has 0 aliphatic heterocycles. The zero-order chi connectivity index (χ0) is 20.0. The van der Waals surface area contributed by atoms with Gasteiger partial charge in [0.25, 0.3) is 11.5 Å². The zero-order valence-corrected chi connectivity index (χ0v) is 15.6. The highest BCUT2D eigenvalue weighted by atomic mass is 19.1. The highest BCUT2D eigenvalue weighted by Crippen LogP contribution is 2.23. The van der Waals surface area contributed by atoms with Crippen LogP contribution in [0.5, 0.6) is 0 Å². The minimum atomic E-state index is -0.372. The number of hydrogen-bond donors (Lipinski definition) is 2. The Morgan fingerprint density at radius 1 is 1.10 bits per heavy atom. The Morgan fingerprint density at radius 3 is 2.62 bits per heavy atom. The molecule has 2 heterocycles. The molecule has 0 radical (unpaired) electrons. The van der Waals surface area contributed by atoms with Crippen molar-refractivity contribution in [2.45, 2.75) is 31.7 Å². The first-order valence-electron chi connectivity index (χ1n) is 9.70. The van der Waals surface area contributed by atoms with Gasteiger partial charge in [-0.3, -0.25) is 19.7 Å². The van der Waals surface area contributed by atoms with E-state index in [1.165, 1.54) is 35.1 Å². The van der Waals surface area contributed by atoms with Crippen molar-refractivity contribution in [3.05, 3.63) is 70.4 Å². The van der Waals surface area contributed by atoms with Crippen molar-refractivity contribution >= 4 is 27.7 Å². The van der Waals surface area contributed by atoms with E-state index < -0.39 is 0 Å². The second-order valence-electron chi connectivity index (χ2n) is 7.46. The molecule has 6 nitrogen and oxygen atoms in total. The number of nitrogens with zero attached hydrogens (tertiary/aromatic N) is 2. The topological polar surface area (TPSA) is 79.8 Å². The van der Waals surface area contributed by atoms with Gasteiger partial charge in [-0.2, -0.15) is 0 Å². The van der Waals surface area contributed by atoms with E-state index in [0.717, 1.165) is 25.7 Å². The predicted octanol–water partition coefficient (Wildman–Crippen LogP) is 3.68. The maximum Gasteiger partial charge on any atom is 0.280 e. The van der Waals surface area contributed by atoms with Crippen LogP contribution in [-0.2, 0) is 0 Å². The zero-order valence-electron chi connectivity index (χ0n) is 15.6. The van der Waals surface area contributed by atoms with Crippen molar-refractivity contribution in [1.29, 1.82) is 0 Å². The summed E-state index contributed by atoms with van der Waals surface area (Å²) in [6, 6.07) is 11.2. The molecule has 2 aromatic heterocycles. The van der Waals surface area contributed by atoms with Crippen LogP contribution in [0.3, 0.4) is 0 Å². The van der Waals surface area contributed by atoms with Gasteiger partial charge in [0, 0.05) is 23.2 Å². The van der Waals surface area contributed by atoms with Crippen molar-refractivity contribution in [2.24, 2.45) is 0 Å². The van der Waals surface area contributed by atoms with Crippen LogP contribution in [0.15, 0.2) is 53.5 Å². The molecule has 1 fully saturated rings. The molecule has 1 amide bonds. The molecule has 0 atom stereocenters. The van der Waals surface area contributed by atoms with Gasteiger partial charge in [0.1, 0.15) is 5.82 Å². The first-order valence-corrected chi connectivity index (χ1v) is 9.70. The molecular formula is C22H19FN4O2. The SMILES string of the molecule is O=C(NC1CCCC1)c1ccc2ncc3c(=O)n(-c4ccc(F)cc4)[nH]c3c2c1. The van der Waals surface area contributed by atoms with Crippen molar-refractivity contribution in [2.75, 3.05) is 0 Å². The largest absolute Gasteiger partial charge is 0.349 e. The monoisotopic (exact) mass is 390 g/mol. The van der Waals surface area contributed by atoms with Crippen LogP contribution in [0.25, 0.3) is 27.5 Å². The summed E-state index contributed by atoms with van der Waals surface area (Å²) in [5.41, 5.74) is 2.06. The molecule has 1 aliphatic carbocycles. The quantitative estimate of drug-likeness (QED) is 0.560. The van der Waals surface area contributed by atoms with Gasteiger partial charge in [-0.05, 0) is 55.3 Å². The van der Waals surface area contributed by atoms with Crippen LogP contribution in [0.4, 0.5) is 4.39 Å². The number of pyridine rings is 1. The molecule has 1 aliphatic rings. The summed E-state index contributed by atoms with van der Waals surface area (Å²) >= 11 is 0. The van der Waals surface area contributed by atoms with Gasteiger partial charge in [-0.15, -0.1) is 0 Å². The first kappa shape index (κ1) is 17.6. The second kappa shape index (κ2) is 6.84. The van der Waals surface area contributed by atoms with Crippen LogP contribution in [0, 0.1) is 5.82 Å². The molecule has 146 valence electrons. The van der Waals surface area contributed by atoms with E-state index in [0.29, 0.717) is 33.1 Å². The Kier molecular flexibility index (Phi) is 4.16. The fraction of sp³-hybridized carbons (Fsp3) is 0.227. The van der Waals surface area contributed by atoms with Gasteiger partial charge in [-0.25, -0.2) is 9.07 Å². The average Bonchev–Trinajstić information content (AvgIpc) is 3.36. The number of halogens is 1. The van der Waals surface area contributed by atoms with Gasteiger partial charge >= 0.3 is 0 Å². The Bertz CT molecular complexity index is 1280. The Balaban J connectivity index is 1.61. The number of aromatic amines is 1. The molecule has 2 N–H and O–H groups in total. The van der Waals surface area contributed by atoms with Gasteiger partial charge in [0.15, 0.2) is 0 Å². The minimum Gasteiger partial charge on any atom is -0.349 e. The Labute approximate surface area is 165 Å². The number of nitrogens with one attached hydrogen (secondary N) is 2. The van der Waals surface area contributed by atoms with Gasteiger partial charge in [0.05, 0.1) is 22.1 Å². The van der Waals surface area contributed by atoms with E-state index in [1.54, 1.807) is 18.2 Å². The van der Waals surface area contributed by atoms with E-state index >= 15 is 0 Å². The third kappa shape index (κ3) is 3.08. The fourth-order valence-electron chi connectivity index (χ4n) is 4.01. The summed E-state index contributed by atoms with van der Waals surface area (Å²) in [4.78, 5) is 29.9. The van der Waals surface area contributed by atoms with Gasteiger partial charge in [0.2, 0.25) is 0 Å².